The number of carbonyl (C=O) groups excluding carboxylic acids is 1. The van der Waals surface area contributed by atoms with Gasteiger partial charge in [-0.2, -0.15) is 0 Å². The fourth-order valence-corrected chi connectivity index (χ4v) is 3.75. The van der Waals surface area contributed by atoms with Gasteiger partial charge in [0.2, 0.25) is 5.91 Å². The number of piperidine rings is 1. The number of benzene rings is 1. The molecule has 1 aromatic carbocycles. The number of rotatable bonds is 5. The van der Waals surface area contributed by atoms with Crippen molar-refractivity contribution < 1.29 is 9.53 Å². The number of carbonyl (C=O) groups is 1. The van der Waals surface area contributed by atoms with Gasteiger partial charge in [-0.05, 0) is 68.3 Å². The largest absolute Gasteiger partial charge is 0.497 e. The molecule has 0 aliphatic carbocycles. The highest BCUT2D eigenvalue weighted by molar-refractivity contribution is 5.76. The molecule has 2 aliphatic rings. The van der Waals surface area contributed by atoms with Gasteiger partial charge in [0.25, 0.3) is 0 Å². The van der Waals surface area contributed by atoms with Crippen molar-refractivity contribution in [3.63, 3.8) is 0 Å². The summed E-state index contributed by atoms with van der Waals surface area (Å²) in [5.74, 6) is 2.53. The van der Waals surface area contributed by atoms with Crippen LogP contribution in [0, 0.1) is 11.8 Å². The average Bonchev–Trinajstić information content (AvgIpc) is 3.09. The molecule has 3 rings (SSSR count). The lowest BCUT2D eigenvalue weighted by Crippen LogP contribution is -2.39. The van der Waals surface area contributed by atoms with Crippen molar-refractivity contribution in [3.8, 4) is 5.75 Å². The van der Waals surface area contributed by atoms with Gasteiger partial charge < -0.3 is 15.0 Å². The molecule has 0 radical (unpaired) electrons. The zero-order valence-corrected chi connectivity index (χ0v) is 14.1. The van der Waals surface area contributed by atoms with Crippen LogP contribution in [0.4, 0.5) is 0 Å². The number of amides is 1. The number of hydrogen-bond donors (Lipinski definition) is 1. The first-order chi connectivity index (χ1) is 11.2. The standard InChI is InChI=1S/C19H28N2O2/c1-23-18-4-2-15(3-5-18)12-16-7-10-21(11-8-16)19(22)13-17-6-9-20-14-17/h2-5,16-17,20H,6-14H2,1H3/t17-/m1/s1. The molecule has 0 saturated carbocycles. The van der Waals surface area contributed by atoms with Gasteiger partial charge in [0, 0.05) is 19.5 Å². The van der Waals surface area contributed by atoms with E-state index in [2.05, 4.69) is 22.3 Å². The van der Waals surface area contributed by atoms with E-state index in [1.165, 1.54) is 5.56 Å². The maximum atomic E-state index is 12.4. The van der Waals surface area contributed by atoms with Crippen LogP contribution in [0.15, 0.2) is 24.3 Å². The Hall–Kier alpha value is -1.55. The maximum Gasteiger partial charge on any atom is 0.222 e. The zero-order chi connectivity index (χ0) is 16.1. The summed E-state index contributed by atoms with van der Waals surface area (Å²) in [7, 11) is 1.70. The van der Waals surface area contributed by atoms with Crippen molar-refractivity contribution in [2.45, 2.75) is 32.1 Å². The first kappa shape index (κ1) is 16.3. The monoisotopic (exact) mass is 316 g/mol. The van der Waals surface area contributed by atoms with Gasteiger partial charge in [-0.3, -0.25) is 4.79 Å². The smallest absolute Gasteiger partial charge is 0.222 e. The molecule has 1 aromatic rings. The minimum atomic E-state index is 0.363. The van der Waals surface area contributed by atoms with Crippen molar-refractivity contribution in [1.29, 1.82) is 0 Å². The number of hydrogen-bond acceptors (Lipinski definition) is 3. The molecular formula is C19H28N2O2. The predicted octanol–water partition coefficient (Wildman–Crippen LogP) is 2.48. The lowest BCUT2D eigenvalue weighted by Gasteiger charge is -2.32. The highest BCUT2D eigenvalue weighted by Crippen LogP contribution is 2.24. The molecule has 2 aliphatic heterocycles. The molecule has 0 spiro atoms. The van der Waals surface area contributed by atoms with Gasteiger partial charge >= 0.3 is 0 Å². The number of ether oxygens (including phenoxy) is 1. The summed E-state index contributed by atoms with van der Waals surface area (Å²) < 4.78 is 5.21. The second-order valence-corrected chi connectivity index (χ2v) is 6.94. The van der Waals surface area contributed by atoms with Crippen LogP contribution in [0.5, 0.6) is 5.75 Å². The minimum absolute atomic E-state index is 0.363. The Bertz CT molecular complexity index is 501. The van der Waals surface area contributed by atoms with Crippen LogP contribution in [0.25, 0.3) is 0 Å². The summed E-state index contributed by atoms with van der Waals surface area (Å²) in [6.45, 7) is 3.95. The molecule has 1 amide bonds. The van der Waals surface area contributed by atoms with Crippen LogP contribution in [0.2, 0.25) is 0 Å². The number of methoxy groups -OCH3 is 1. The second kappa shape index (κ2) is 7.82. The SMILES string of the molecule is COc1ccc(CC2CCN(C(=O)C[C@H]3CCNC3)CC2)cc1. The predicted molar refractivity (Wildman–Crippen MR) is 91.6 cm³/mol. The molecule has 4 heteroatoms. The minimum Gasteiger partial charge on any atom is -0.497 e. The zero-order valence-electron chi connectivity index (χ0n) is 14.1. The molecule has 1 N–H and O–H groups in total. The van der Waals surface area contributed by atoms with E-state index in [1.54, 1.807) is 7.11 Å². The van der Waals surface area contributed by atoms with Crippen LogP contribution in [0.3, 0.4) is 0 Å². The summed E-state index contributed by atoms with van der Waals surface area (Å²) in [6, 6.07) is 8.38. The third kappa shape index (κ3) is 4.47. The molecule has 0 bridgehead atoms. The van der Waals surface area contributed by atoms with Crippen LogP contribution in [-0.2, 0) is 11.2 Å². The molecule has 0 unspecified atom stereocenters. The van der Waals surface area contributed by atoms with Gasteiger partial charge in [0.15, 0.2) is 0 Å². The second-order valence-electron chi connectivity index (χ2n) is 6.94. The van der Waals surface area contributed by atoms with Crippen molar-refractivity contribution in [2.75, 3.05) is 33.3 Å². The van der Waals surface area contributed by atoms with Gasteiger partial charge in [0.05, 0.1) is 7.11 Å². The van der Waals surface area contributed by atoms with E-state index in [1.807, 2.05) is 12.1 Å². The number of nitrogens with zero attached hydrogens (tertiary/aromatic N) is 1. The first-order valence-corrected chi connectivity index (χ1v) is 8.86. The van der Waals surface area contributed by atoms with Crippen LogP contribution in [0.1, 0.15) is 31.2 Å². The Balaban J connectivity index is 1.43. The maximum absolute atomic E-state index is 12.4. The number of likely N-dealkylation sites (tertiary alicyclic amines) is 1. The number of nitrogens with one attached hydrogen (secondary N) is 1. The van der Waals surface area contributed by atoms with Crippen molar-refractivity contribution in [2.24, 2.45) is 11.8 Å². The molecule has 2 fully saturated rings. The van der Waals surface area contributed by atoms with E-state index in [0.717, 1.165) is 64.0 Å². The molecular weight excluding hydrogens is 288 g/mol. The molecule has 1 atom stereocenters. The van der Waals surface area contributed by atoms with E-state index in [-0.39, 0.29) is 0 Å². The quantitative estimate of drug-likeness (QED) is 0.907. The molecule has 23 heavy (non-hydrogen) atoms. The van der Waals surface area contributed by atoms with Crippen molar-refractivity contribution >= 4 is 5.91 Å². The lowest BCUT2D eigenvalue weighted by atomic mass is 9.90. The van der Waals surface area contributed by atoms with Gasteiger partial charge in [0.1, 0.15) is 5.75 Å². The first-order valence-electron chi connectivity index (χ1n) is 8.86. The lowest BCUT2D eigenvalue weighted by molar-refractivity contribution is -0.133. The van der Waals surface area contributed by atoms with Crippen LogP contribution in [-0.4, -0.2) is 44.1 Å². The van der Waals surface area contributed by atoms with E-state index < -0.39 is 0 Å². The molecule has 2 heterocycles. The van der Waals surface area contributed by atoms with E-state index in [0.29, 0.717) is 17.7 Å². The van der Waals surface area contributed by atoms with Crippen molar-refractivity contribution in [3.05, 3.63) is 29.8 Å². The van der Waals surface area contributed by atoms with Crippen LogP contribution < -0.4 is 10.1 Å². The summed E-state index contributed by atoms with van der Waals surface area (Å²) in [5.41, 5.74) is 1.37. The normalized spacial score (nSPS) is 22.3. The summed E-state index contributed by atoms with van der Waals surface area (Å²) in [4.78, 5) is 14.5. The van der Waals surface area contributed by atoms with Crippen molar-refractivity contribution in [1.82, 2.24) is 10.2 Å². The Morgan fingerprint density at radius 3 is 2.52 bits per heavy atom. The average molecular weight is 316 g/mol. The fraction of sp³-hybridized carbons (Fsp3) is 0.632. The summed E-state index contributed by atoms with van der Waals surface area (Å²) >= 11 is 0. The highest BCUT2D eigenvalue weighted by Gasteiger charge is 2.25. The van der Waals surface area contributed by atoms with E-state index >= 15 is 0 Å². The Kier molecular flexibility index (Phi) is 5.55. The molecule has 2 saturated heterocycles. The highest BCUT2D eigenvalue weighted by atomic mass is 16.5. The summed E-state index contributed by atoms with van der Waals surface area (Å²) in [6.07, 6.45) is 5.25. The van der Waals surface area contributed by atoms with Gasteiger partial charge in [-0.15, -0.1) is 0 Å². The molecule has 126 valence electrons. The molecule has 0 aromatic heterocycles. The van der Waals surface area contributed by atoms with E-state index in [9.17, 15) is 4.79 Å². The molecule has 4 nitrogen and oxygen atoms in total. The third-order valence-corrected chi connectivity index (χ3v) is 5.28. The topological polar surface area (TPSA) is 41.6 Å². The Morgan fingerprint density at radius 1 is 1.17 bits per heavy atom. The fourth-order valence-electron chi connectivity index (χ4n) is 3.75. The Morgan fingerprint density at radius 2 is 1.91 bits per heavy atom. The van der Waals surface area contributed by atoms with Gasteiger partial charge in [-0.25, -0.2) is 0 Å². The summed E-state index contributed by atoms with van der Waals surface area (Å²) in [5, 5.41) is 3.34. The third-order valence-electron chi connectivity index (χ3n) is 5.28. The van der Waals surface area contributed by atoms with E-state index in [4.69, 9.17) is 4.74 Å². The Labute approximate surface area is 139 Å². The van der Waals surface area contributed by atoms with Gasteiger partial charge in [-0.1, -0.05) is 12.1 Å². The van der Waals surface area contributed by atoms with Crippen LogP contribution >= 0.6 is 0 Å².